The highest BCUT2D eigenvalue weighted by atomic mass is 35.5. The molecule has 3 atom stereocenters. The van der Waals surface area contributed by atoms with Crippen LogP contribution in [0.2, 0.25) is 5.02 Å². The number of alkyl halides is 4. The van der Waals surface area contributed by atoms with E-state index in [4.69, 9.17) is 23.2 Å². The van der Waals surface area contributed by atoms with Crippen molar-refractivity contribution in [1.82, 2.24) is 20.0 Å². The van der Waals surface area contributed by atoms with Crippen molar-refractivity contribution in [1.29, 1.82) is 0 Å². The molecular weight excluding hydrogens is 484 g/mol. The predicted molar refractivity (Wildman–Crippen MR) is 116 cm³/mol. The second-order valence-corrected chi connectivity index (χ2v) is 9.73. The third-order valence-corrected chi connectivity index (χ3v) is 7.15. The number of ether oxygens (including phenoxy) is 1. The van der Waals surface area contributed by atoms with E-state index < -0.39 is 23.9 Å². The Bertz CT molecular complexity index is 911. The summed E-state index contributed by atoms with van der Waals surface area (Å²) in [5, 5.41) is 3.13. The van der Waals surface area contributed by atoms with Crippen LogP contribution in [0.3, 0.4) is 0 Å². The number of rotatable bonds is 4. The summed E-state index contributed by atoms with van der Waals surface area (Å²) in [6, 6.07) is 4.00. The van der Waals surface area contributed by atoms with Gasteiger partial charge in [0.15, 0.2) is 0 Å². The fraction of sp³-hybridized carbons (Fsp3) is 0.619. The van der Waals surface area contributed by atoms with Crippen molar-refractivity contribution in [3.8, 4) is 5.75 Å². The fourth-order valence-corrected chi connectivity index (χ4v) is 5.42. The first-order valence-electron chi connectivity index (χ1n) is 10.8. The molecule has 3 fully saturated rings. The molecule has 1 aromatic rings. The summed E-state index contributed by atoms with van der Waals surface area (Å²) in [6.45, 7) is 2.42. The van der Waals surface area contributed by atoms with Gasteiger partial charge in [0, 0.05) is 44.6 Å². The van der Waals surface area contributed by atoms with Gasteiger partial charge in [0.05, 0.1) is 11.1 Å². The van der Waals surface area contributed by atoms with Gasteiger partial charge in [-0.25, -0.2) is 0 Å². The Morgan fingerprint density at radius 3 is 2.52 bits per heavy atom. The zero-order valence-corrected chi connectivity index (χ0v) is 19.5. The van der Waals surface area contributed by atoms with Gasteiger partial charge in [-0.15, -0.1) is 24.8 Å². The lowest BCUT2D eigenvalue weighted by molar-refractivity contribution is -0.274. The largest absolute Gasteiger partial charge is 0.573 e. The third-order valence-electron chi connectivity index (χ3n) is 6.52. The van der Waals surface area contributed by atoms with Gasteiger partial charge < -0.3 is 14.5 Å². The smallest absolute Gasteiger partial charge is 0.404 e. The average molecular weight is 509 g/mol. The number of nitrogens with one attached hydrogen (secondary N) is 1. The summed E-state index contributed by atoms with van der Waals surface area (Å²) in [6.07, 6.45) is -3.07. The van der Waals surface area contributed by atoms with Gasteiger partial charge >= 0.3 is 18.2 Å². The number of carbonyl (C=O) groups is 2. The molecule has 12 heteroatoms. The summed E-state index contributed by atoms with van der Waals surface area (Å²) in [5.74, 6) is -1.44. The summed E-state index contributed by atoms with van der Waals surface area (Å²) in [5.41, 5.74) is 0.765. The quantitative estimate of drug-likeness (QED) is 0.500. The van der Waals surface area contributed by atoms with E-state index in [9.17, 15) is 22.8 Å². The van der Waals surface area contributed by atoms with Crippen molar-refractivity contribution in [2.75, 3.05) is 26.7 Å². The molecular formula is C21H25Cl2F3N4O3. The highest BCUT2D eigenvalue weighted by molar-refractivity contribution is 6.35. The standard InChI is InChI=1S/C21H25Cl2F3N4O3/c1-28-16-9-13(22)10-27-18(16)30(20(32)19(28)31)14-4-6-29(7-5-14)11-12-2-3-17(15(23)8-12)33-21(24,25)26/h2-3,8,13-14,16,18,27H,4-7,9-11H2,1H3. The Hall–Kier alpha value is -1.75. The molecule has 182 valence electrons. The molecule has 0 aliphatic carbocycles. The lowest BCUT2D eigenvalue weighted by Gasteiger charge is -2.52. The van der Waals surface area contributed by atoms with E-state index in [0.717, 1.165) is 5.56 Å². The molecule has 0 aromatic heterocycles. The lowest BCUT2D eigenvalue weighted by atomic mass is 9.93. The number of carbonyl (C=O) groups excluding carboxylic acids is 2. The van der Waals surface area contributed by atoms with Gasteiger partial charge in [-0.05, 0) is 37.0 Å². The predicted octanol–water partition coefficient (Wildman–Crippen LogP) is 2.80. The Labute approximate surface area is 199 Å². The number of nitrogens with zero attached hydrogens (tertiary/aromatic N) is 3. The van der Waals surface area contributed by atoms with Gasteiger partial charge in [-0.1, -0.05) is 17.7 Å². The summed E-state index contributed by atoms with van der Waals surface area (Å²) >= 11 is 12.2. The van der Waals surface area contributed by atoms with Gasteiger partial charge in [0.2, 0.25) is 0 Å². The van der Waals surface area contributed by atoms with Gasteiger partial charge in [-0.2, -0.15) is 0 Å². The summed E-state index contributed by atoms with van der Waals surface area (Å²) in [4.78, 5) is 30.8. The van der Waals surface area contributed by atoms with Crippen molar-refractivity contribution in [2.45, 2.75) is 55.8 Å². The lowest BCUT2D eigenvalue weighted by Crippen LogP contribution is -2.73. The minimum absolute atomic E-state index is 0.0792. The monoisotopic (exact) mass is 508 g/mol. The van der Waals surface area contributed by atoms with Crippen molar-refractivity contribution in [3.05, 3.63) is 28.8 Å². The second kappa shape index (κ2) is 9.48. The first-order valence-corrected chi connectivity index (χ1v) is 11.6. The Kier molecular flexibility index (Phi) is 7.00. The molecule has 33 heavy (non-hydrogen) atoms. The van der Waals surface area contributed by atoms with Crippen LogP contribution in [0, 0.1) is 0 Å². The molecule has 0 spiro atoms. The van der Waals surface area contributed by atoms with Crippen molar-refractivity contribution in [3.63, 3.8) is 0 Å². The van der Waals surface area contributed by atoms with Crippen molar-refractivity contribution < 1.29 is 27.5 Å². The molecule has 3 aliphatic heterocycles. The maximum absolute atomic E-state index is 12.9. The van der Waals surface area contributed by atoms with E-state index in [1.54, 1.807) is 18.0 Å². The highest BCUT2D eigenvalue weighted by Crippen LogP contribution is 2.33. The number of halogens is 5. The molecule has 3 heterocycles. The van der Waals surface area contributed by atoms with E-state index in [0.29, 0.717) is 45.4 Å². The molecule has 3 saturated heterocycles. The van der Waals surface area contributed by atoms with E-state index in [2.05, 4.69) is 15.0 Å². The number of hydrogen-bond acceptors (Lipinski definition) is 5. The molecule has 3 aliphatic rings. The van der Waals surface area contributed by atoms with Crippen molar-refractivity contribution in [2.24, 2.45) is 0 Å². The molecule has 1 aromatic carbocycles. The maximum Gasteiger partial charge on any atom is 0.573 e. The first-order chi connectivity index (χ1) is 15.5. The Morgan fingerprint density at radius 2 is 1.88 bits per heavy atom. The number of likely N-dealkylation sites (N-methyl/N-ethyl adjacent to an activating group) is 1. The molecule has 4 rings (SSSR count). The van der Waals surface area contributed by atoms with E-state index in [-0.39, 0.29) is 28.6 Å². The molecule has 7 nitrogen and oxygen atoms in total. The Balaban J connectivity index is 1.38. The zero-order valence-electron chi connectivity index (χ0n) is 17.9. The molecule has 0 saturated carbocycles. The van der Waals surface area contributed by atoms with E-state index in [1.807, 2.05) is 0 Å². The van der Waals surface area contributed by atoms with Crippen LogP contribution >= 0.6 is 23.2 Å². The van der Waals surface area contributed by atoms with Crippen LogP contribution in [-0.2, 0) is 16.1 Å². The van der Waals surface area contributed by atoms with Crippen LogP contribution in [0.25, 0.3) is 0 Å². The highest BCUT2D eigenvalue weighted by Gasteiger charge is 2.49. The molecule has 0 bridgehead atoms. The third kappa shape index (κ3) is 5.34. The van der Waals surface area contributed by atoms with E-state index >= 15 is 0 Å². The Morgan fingerprint density at radius 1 is 1.18 bits per heavy atom. The minimum Gasteiger partial charge on any atom is -0.404 e. The topological polar surface area (TPSA) is 65.1 Å². The molecule has 1 N–H and O–H groups in total. The second-order valence-electron chi connectivity index (χ2n) is 8.70. The first kappa shape index (κ1) is 24.4. The summed E-state index contributed by atoms with van der Waals surface area (Å²) in [7, 11) is 1.64. The number of likely N-dealkylation sites (tertiary alicyclic amines) is 1. The number of benzene rings is 1. The number of piperidine rings is 2. The fourth-order valence-electron chi connectivity index (χ4n) is 4.91. The van der Waals surface area contributed by atoms with Crippen LogP contribution in [0.4, 0.5) is 13.2 Å². The van der Waals surface area contributed by atoms with Crippen LogP contribution < -0.4 is 10.1 Å². The van der Waals surface area contributed by atoms with Crippen LogP contribution in [-0.4, -0.2) is 83.2 Å². The number of hydrogen-bond donors (Lipinski definition) is 1. The van der Waals surface area contributed by atoms with Crippen molar-refractivity contribution >= 4 is 35.0 Å². The minimum atomic E-state index is -4.80. The number of amides is 2. The zero-order chi connectivity index (χ0) is 23.9. The summed E-state index contributed by atoms with van der Waals surface area (Å²) < 4.78 is 41.2. The number of piperazine rings is 1. The molecule has 0 radical (unpaired) electrons. The average Bonchev–Trinajstić information content (AvgIpc) is 2.75. The van der Waals surface area contributed by atoms with Gasteiger partial charge in [-0.3, -0.25) is 19.8 Å². The SMILES string of the molecule is CN1C(=O)C(=O)N(C2CCN(Cc3ccc(OC(F)(F)F)c(Cl)c3)CC2)C2NCC(Cl)CC21. The maximum atomic E-state index is 12.9. The van der Waals surface area contributed by atoms with Crippen LogP contribution in [0.1, 0.15) is 24.8 Å². The van der Waals surface area contributed by atoms with Crippen LogP contribution in [0.15, 0.2) is 18.2 Å². The van der Waals surface area contributed by atoms with Gasteiger partial charge in [0.1, 0.15) is 11.9 Å². The molecule has 2 amide bonds. The van der Waals surface area contributed by atoms with Gasteiger partial charge in [0.25, 0.3) is 0 Å². The number of fused-ring (bicyclic) bond motifs is 1. The van der Waals surface area contributed by atoms with Crippen LogP contribution in [0.5, 0.6) is 5.75 Å². The molecule has 3 unspecified atom stereocenters. The normalized spacial score (nSPS) is 27.6. The van der Waals surface area contributed by atoms with E-state index in [1.165, 1.54) is 17.0 Å².